The lowest BCUT2D eigenvalue weighted by Crippen LogP contribution is -2.36. The van der Waals surface area contributed by atoms with E-state index in [0.29, 0.717) is 48.8 Å². The van der Waals surface area contributed by atoms with Crippen LogP contribution in [0.3, 0.4) is 0 Å². The fourth-order valence-corrected chi connectivity index (χ4v) is 3.46. The Labute approximate surface area is 168 Å². The van der Waals surface area contributed by atoms with Gasteiger partial charge in [-0.05, 0) is 35.7 Å². The van der Waals surface area contributed by atoms with Crippen molar-refractivity contribution in [1.29, 1.82) is 0 Å². The fraction of sp³-hybridized carbons (Fsp3) is 0.304. The summed E-state index contributed by atoms with van der Waals surface area (Å²) in [6.07, 6.45) is 1.27. The second-order valence-corrected chi connectivity index (χ2v) is 7.53. The molecule has 0 fully saturated rings. The van der Waals surface area contributed by atoms with Gasteiger partial charge in [0, 0.05) is 13.1 Å². The number of ether oxygens (including phenoxy) is 2. The number of rotatable bonds is 5. The molecule has 1 aliphatic heterocycles. The summed E-state index contributed by atoms with van der Waals surface area (Å²) in [7, 11) is 0. The summed E-state index contributed by atoms with van der Waals surface area (Å²) < 4.78 is 16.7. The van der Waals surface area contributed by atoms with E-state index < -0.39 is 0 Å². The highest BCUT2D eigenvalue weighted by molar-refractivity contribution is 5.96. The Morgan fingerprint density at radius 2 is 1.83 bits per heavy atom. The maximum Gasteiger partial charge on any atom is 0.261 e. The van der Waals surface area contributed by atoms with Gasteiger partial charge < -0.3 is 18.8 Å². The summed E-state index contributed by atoms with van der Waals surface area (Å²) in [6.45, 7) is 5.98. The third kappa shape index (κ3) is 3.97. The number of para-hydroxylation sites is 1. The van der Waals surface area contributed by atoms with Crippen LogP contribution in [0.1, 0.15) is 29.8 Å². The van der Waals surface area contributed by atoms with E-state index in [1.807, 2.05) is 32.0 Å². The molecule has 1 aromatic heterocycles. The molecule has 0 unspecified atom stereocenters. The first-order chi connectivity index (χ1) is 14.0. The van der Waals surface area contributed by atoms with Gasteiger partial charge in [0.1, 0.15) is 30.6 Å². The molecular weight excluding hydrogens is 370 g/mol. The standard InChI is InChI=1S/C23H23NO5/c1-15(2)12-24(13-16-7-8-20-21(11-16)28-10-9-27-20)23(26)18-14-29-19-6-4-3-5-17(19)22(18)25/h3-8,11,14-15H,9-10,12-13H2,1-2H3. The number of fused-ring (bicyclic) bond motifs is 2. The molecule has 2 heterocycles. The third-order valence-corrected chi connectivity index (χ3v) is 4.76. The van der Waals surface area contributed by atoms with E-state index in [0.717, 1.165) is 5.56 Å². The number of amides is 1. The van der Waals surface area contributed by atoms with Crippen LogP contribution in [0, 0.1) is 5.92 Å². The average Bonchev–Trinajstić information content (AvgIpc) is 2.73. The van der Waals surface area contributed by atoms with Crippen LogP contribution in [0.25, 0.3) is 11.0 Å². The number of carbonyl (C=O) groups excluding carboxylic acids is 1. The summed E-state index contributed by atoms with van der Waals surface area (Å²) in [5.74, 6) is 1.28. The Hall–Kier alpha value is -3.28. The van der Waals surface area contributed by atoms with Crippen molar-refractivity contribution in [2.45, 2.75) is 20.4 Å². The molecule has 0 aliphatic carbocycles. The molecule has 6 heteroatoms. The van der Waals surface area contributed by atoms with Crippen LogP contribution in [0.4, 0.5) is 0 Å². The molecule has 1 amide bonds. The zero-order valence-electron chi connectivity index (χ0n) is 16.5. The van der Waals surface area contributed by atoms with E-state index in [-0.39, 0.29) is 22.8 Å². The van der Waals surface area contributed by atoms with E-state index >= 15 is 0 Å². The lowest BCUT2D eigenvalue weighted by atomic mass is 10.1. The third-order valence-electron chi connectivity index (χ3n) is 4.76. The second kappa shape index (κ2) is 7.99. The average molecular weight is 393 g/mol. The Kier molecular flexibility index (Phi) is 5.25. The van der Waals surface area contributed by atoms with E-state index in [2.05, 4.69) is 0 Å². The molecule has 3 aromatic rings. The molecule has 150 valence electrons. The molecule has 0 N–H and O–H groups in total. The second-order valence-electron chi connectivity index (χ2n) is 7.53. The van der Waals surface area contributed by atoms with E-state index in [1.165, 1.54) is 6.26 Å². The van der Waals surface area contributed by atoms with Gasteiger partial charge in [-0.1, -0.05) is 32.0 Å². The minimum absolute atomic E-state index is 0.0434. The zero-order chi connectivity index (χ0) is 20.4. The molecule has 6 nitrogen and oxygen atoms in total. The van der Waals surface area contributed by atoms with E-state index in [4.69, 9.17) is 13.9 Å². The van der Waals surface area contributed by atoms with E-state index in [1.54, 1.807) is 29.2 Å². The molecule has 0 saturated carbocycles. The Morgan fingerprint density at radius 1 is 1.07 bits per heavy atom. The van der Waals surface area contributed by atoms with Gasteiger partial charge in [-0.3, -0.25) is 9.59 Å². The molecule has 0 atom stereocenters. The SMILES string of the molecule is CC(C)CN(Cc1ccc2c(c1)OCCO2)C(=O)c1coc2ccccc2c1=O. The molecule has 0 spiro atoms. The molecule has 29 heavy (non-hydrogen) atoms. The van der Waals surface area contributed by atoms with Crippen LogP contribution in [0.2, 0.25) is 0 Å². The first-order valence-electron chi connectivity index (χ1n) is 9.71. The highest BCUT2D eigenvalue weighted by Crippen LogP contribution is 2.31. The normalized spacial score (nSPS) is 12.9. The molecule has 4 rings (SSSR count). The number of hydrogen-bond acceptors (Lipinski definition) is 5. The van der Waals surface area contributed by atoms with Crippen molar-refractivity contribution in [2.24, 2.45) is 5.92 Å². The summed E-state index contributed by atoms with van der Waals surface area (Å²) in [4.78, 5) is 27.8. The van der Waals surface area contributed by atoms with Crippen molar-refractivity contribution in [3.05, 3.63) is 70.1 Å². The van der Waals surface area contributed by atoms with Gasteiger partial charge in [0.25, 0.3) is 5.91 Å². The highest BCUT2D eigenvalue weighted by atomic mass is 16.6. The van der Waals surface area contributed by atoms with Gasteiger partial charge in [0.2, 0.25) is 5.43 Å². The smallest absolute Gasteiger partial charge is 0.261 e. The highest BCUT2D eigenvalue weighted by Gasteiger charge is 2.23. The topological polar surface area (TPSA) is 69.0 Å². The Morgan fingerprint density at radius 3 is 2.62 bits per heavy atom. The lowest BCUT2D eigenvalue weighted by molar-refractivity contribution is 0.0719. The van der Waals surface area contributed by atoms with Crippen LogP contribution < -0.4 is 14.9 Å². The van der Waals surface area contributed by atoms with Gasteiger partial charge in [0.05, 0.1) is 5.39 Å². The number of carbonyl (C=O) groups is 1. The van der Waals surface area contributed by atoms with Crippen LogP contribution >= 0.6 is 0 Å². The van der Waals surface area contributed by atoms with Crippen molar-refractivity contribution in [3.63, 3.8) is 0 Å². The fourth-order valence-electron chi connectivity index (χ4n) is 3.46. The minimum Gasteiger partial charge on any atom is -0.486 e. The predicted molar refractivity (Wildman–Crippen MR) is 109 cm³/mol. The first kappa shape index (κ1) is 19.1. The summed E-state index contributed by atoms with van der Waals surface area (Å²) in [6, 6.07) is 12.6. The minimum atomic E-state index is -0.340. The van der Waals surface area contributed by atoms with Gasteiger partial charge >= 0.3 is 0 Å². The maximum atomic E-state index is 13.2. The molecule has 0 saturated heterocycles. The van der Waals surface area contributed by atoms with Crippen LogP contribution in [0.5, 0.6) is 11.5 Å². The first-order valence-corrected chi connectivity index (χ1v) is 9.71. The van der Waals surface area contributed by atoms with Crippen LogP contribution in [-0.2, 0) is 6.54 Å². The predicted octanol–water partition coefficient (Wildman–Crippen LogP) is 3.86. The number of hydrogen-bond donors (Lipinski definition) is 0. The van der Waals surface area contributed by atoms with E-state index in [9.17, 15) is 9.59 Å². The van der Waals surface area contributed by atoms with Crippen molar-refractivity contribution in [3.8, 4) is 11.5 Å². The Balaban J connectivity index is 1.65. The molecule has 0 bridgehead atoms. The summed E-state index contributed by atoms with van der Waals surface area (Å²) in [5, 5.41) is 0.405. The summed E-state index contributed by atoms with van der Waals surface area (Å²) in [5.41, 5.74) is 1.11. The molecular formula is C23H23NO5. The molecule has 1 aliphatic rings. The van der Waals surface area contributed by atoms with Crippen molar-refractivity contribution >= 4 is 16.9 Å². The lowest BCUT2D eigenvalue weighted by Gasteiger charge is -2.25. The van der Waals surface area contributed by atoms with Crippen LogP contribution in [-0.4, -0.2) is 30.6 Å². The van der Waals surface area contributed by atoms with Gasteiger partial charge in [0.15, 0.2) is 11.5 Å². The van der Waals surface area contributed by atoms with Crippen molar-refractivity contribution in [1.82, 2.24) is 4.90 Å². The van der Waals surface area contributed by atoms with Gasteiger partial charge in [-0.2, -0.15) is 0 Å². The van der Waals surface area contributed by atoms with Crippen molar-refractivity contribution in [2.75, 3.05) is 19.8 Å². The summed E-state index contributed by atoms with van der Waals surface area (Å²) >= 11 is 0. The van der Waals surface area contributed by atoms with Gasteiger partial charge in [-0.25, -0.2) is 0 Å². The largest absolute Gasteiger partial charge is 0.486 e. The van der Waals surface area contributed by atoms with Crippen LogP contribution in [0.15, 0.2) is 57.9 Å². The number of nitrogens with zero attached hydrogens (tertiary/aromatic N) is 1. The van der Waals surface area contributed by atoms with Crippen molar-refractivity contribution < 1.29 is 18.7 Å². The zero-order valence-corrected chi connectivity index (χ0v) is 16.5. The van der Waals surface area contributed by atoms with Gasteiger partial charge in [-0.15, -0.1) is 0 Å². The quantitative estimate of drug-likeness (QED) is 0.658. The molecule has 2 aromatic carbocycles. The Bertz CT molecular complexity index is 1100. The molecule has 0 radical (unpaired) electrons. The monoisotopic (exact) mass is 393 g/mol. The number of benzene rings is 2. The maximum absolute atomic E-state index is 13.2.